The van der Waals surface area contributed by atoms with Crippen molar-refractivity contribution in [3.05, 3.63) is 16.1 Å². The first-order valence-corrected chi connectivity index (χ1v) is 7.35. The van der Waals surface area contributed by atoms with E-state index in [1.165, 1.54) is 22.7 Å². The van der Waals surface area contributed by atoms with Gasteiger partial charge in [0.2, 0.25) is 0 Å². The molecule has 0 aromatic carbocycles. The lowest BCUT2D eigenvalue weighted by atomic mass is 10.0. The Hall–Kier alpha value is -0.890. The summed E-state index contributed by atoms with van der Waals surface area (Å²) < 4.78 is 0. The fraction of sp³-hybridized carbons (Fsp3) is 0.643. The van der Waals surface area contributed by atoms with Crippen molar-refractivity contribution in [3.63, 3.8) is 0 Å². The monoisotopic (exact) mass is 263 g/mol. The van der Waals surface area contributed by atoms with E-state index in [0.717, 1.165) is 19.6 Å². The number of hydrogen-bond acceptors (Lipinski definition) is 4. The van der Waals surface area contributed by atoms with Gasteiger partial charge in [-0.25, -0.2) is 4.98 Å². The highest BCUT2D eigenvalue weighted by Gasteiger charge is 2.21. The number of piperidine rings is 1. The fourth-order valence-corrected chi connectivity index (χ4v) is 3.17. The Morgan fingerprint density at radius 2 is 2.33 bits per heavy atom. The summed E-state index contributed by atoms with van der Waals surface area (Å²) in [4.78, 5) is 8.07. The first-order chi connectivity index (χ1) is 8.69. The van der Waals surface area contributed by atoms with Crippen molar-refractivity contribution >= 4 is 11.3 Å². The van der Waals surface area contributed by atoms with Gasteiger partial charge in [0.1, 0.15) is 5.01 Å². The molecule has 18 heavy (non-hydrogen) atoms. The number of hydrogen-bond donors (Lipinski definition) is 1. The van der Waals surface area contributed by atoms with Gasteiger partial charge in [0, 0.05) is 30.2 Å². The van der Waals surface area contributed by atoms with E-state index in [2.05, 4.69) is 35.0 Å². The van der Waals surface area contributed by atoms with Crippen LogP contribution in [0.25, 0.3) is 0 Å². The number of terminal acetylenes is 1. The molecule has 1 N–H and O–H groups in total. The molecular weight excluding hydrogens is 242 g/mol. The van der Waals surface area contributed by atoms with Crippen molar-refractivity contribution in [2.45, 2.75) is 38.8 Å². The average Bonchev–Trinajstić information content (AvgIpc) is 2.79. The van der Waals surface area contributed by atoms with Crippen LogP contribution in [0, 0.1) is 19.3 Å². The maximum atomic E-state index is 5.34. The van der Waals surface area contributed by atoms with Crippen LogP contribution in [0.5, 0.6) is 0 Å². The quantitative estimate of drug-likeness (QED) is 0.844. The summed E-state index contributed by atoms with van der Waals surface area (Å²) in [5.74, 6) is 2.72. The zero-order valence-electron chi connectivity index (χ0n) is 11.1. The molecule has 2 heterocycles. The largest absolute Gasteiger partial charge is 0.305 e. The van der Waals surface area contributed by atoms with E-state index in [-0.39, 0.29) is 0 Å². The summed E-state index contributed by atoms with van der Waals surface area (Å²) in [5, 5.41) is 4.87. The van der Waals surface area contributed by atoms with Crippen molar-refractivity contribution in [1.82, 2.24) is 15.2 Å². The molecule has 0 radical (unpaired) electrons. The number of nitrogens with zero attached hydrogens (tertiary/aromatic N) is 2. The van der Waals surface area contributed by atoms with Crippen molar-refractivity contribution in [2.75, 3.05) is 19.6 Å². The van der Waals surface area contributed by atoms with Crippen LogP contribution in [0.4, 0.5) is 0 Å². The Kier molecular flexibility index (Phi) is 4.76. The van der Waals surface area contributed by atoms with E-state index >= 15 is 0 Å². The van der Waals surface area contributed by atoms with Gasteiger partial charge in [-0.2, -0.15) is 0 Å². The van der Waals surface area contributed by atoms with E-state index in [1.54, 1.807) is 11.3 Å². The summed E-state index contributed by atoms with van der Waals surface area (Å²) in [6.07, 6.45) is 9.64. The Morgan fingerprint density at radius 1 is 1.61 bits per heavy atom. The molecule has 0 bridgehead atoms. The predicted molar refractivity (Wildman–Crippen MR) is 76.7 cm³/mol. The molecule has 3 nitrogen and oxygen atoms in total. The van der Waals surface area contributed by atoms with Crippen LogP contribution < -0.4 is 5.32 Å². The zero-order chi connectivity index (χ0) is 13.0. The first-order valence-electron chi connectivity index (χ1n) is 6.53. The highest BCUT2D eigenvalue weighted by molar-refractivity contribution is 7.11. The molecule has 4 heteroatoms. The number of rotatable bonds is 4. The van der Waals surface area contributed by atoms with Gasteiger partial charge in [0.25, 0.3) is 0 Å². The predicted octanol–water partition coefficient (Wildman–Crippen LogP) is 2.20. The lowest BCUT2D eigenvalue weighted by Crippen LogP contribution is -2.43. The maximum absolute atomic E-state index is 5.34. The van der Waals surface area contributed by atoms with Gasteiger partial charge < -0.3 is 5.32 Å². The summed E-state index contributed by atoms with van der Waals surface area (Å²) >= 11 is 1.78. The highest BCUT2D eigenvalue weighted by Crippen LogP contribution is 2.21. The molecule has 2 rings (SSSR count). The Balaban J connectivity index is 1.79. The lowest BCUT2D eigenvalue weighted by molar-refractivity contribution is 0.211. The van der Waals surface area contributed by atoms with Crippen LogP contribution in [0.1, 0.15) is 35.7 Å². The second-order valence-electron chi connectivity index (χ2n) is 4.95. The smallest absolute Gasteiger partial charge is 0.109 e. The van der Waals surface area contributed by atoms with Gasteiger partial charge >= 0.3 is 0 Å². The summed E-state index contributed by atoms with van der Waals surface area (Å²) in [6.45, 7) is 7.29. The summed E-state index contributed by atoms with van der Waals surface area (Å²) in [5.41, 5.74) is 0. The van der Waals surface area contributed by atoms with Crippen LogP contribution in [0.3, 0.4) is 0 Å². The number of thiazole rings is 1. The fourth-order valence-electron chi connectivity index (χ4n) is 2.38. The molecule has 1 unspecified atom stereocenters. The van der Waals surface area contributed by atoms with Gasteiger partial charge in [-0.15, -0.1) is 17.8 Å². The van der Waals surface area contributed by atoms with Gasteiger partial charge in [0.15, 0.2) is 0 Å². The van der Waals surface area contributed by atoms with E-state index in [9.17, 15) is 0 Å². The van der Waals surface area contributed by atoms with Crippen LogP contribution in [-0.2, 0) is 0 Å². The van der Waals surface area contributed by atoms with E-state index in [0.29, 0.717) is 12.1 Å². The van der Waals surface area contributed by atoms with E-state index in [1.807, 2.05) is 6.20 Å². The molecule has 1 aromatic rings. The third kappa shape index (κ3) is 3.55. The Labute approximate surface area is 114 Å². The van der Waals surface area contributed by atoms with Crippen molar-refractivity contribution < 1.29 is 0 Å². The van der Waals surface area contributed by atoms with Crippen molar-refractivity contribution in [3.8, 4) is 12.3 Å². The second-order valence-corrected chi connectivity index (χ2v) is 6.22. The molecule has 1 aliphatic rings. The minimum atomic E-state index is 0.355. The minimum Gasteiger partial charge on any atom is -0.305 e. The molecule has 0 aliphatic carbocycles. The molecule has 0 amide bonds. The van der Waals surface area contributed by atoms with Crippen molar-refractivity contribution in [2.24, 2.45) is 0 Å². The van der Waals surface area contributed by atoms with Crippen LogP contribution in [0.2, 0.25) is 0 Å². The Bertz CT molecular complexity index is 413. The van der Waals surface area contributed by atoms with Gasteiger partial charge in [-0.1, -0.05) is 5.92 Å². The molecule has 1 aromatic heterocycles. The standard InChI is InChI=1S/C14H21N3S/c1-4-7-17-8-5-13(6-9-17)16-12(3)14-15-10-11(2)18-14/h1,10,12-13,16H,5-9H2,2-3H3. The normalized spacial score (nSPS) is 19.6. The lowest BCUT2D eigenvalue weighted by Gasteiger charge is -2.32. The van der Waals surface area contributed by atoms with Gasteiger partial charge in [-0.3, -0.25) is 4.90 Å². The number of aromatic nitrogens is 1. The molecular formula is C14H21N3S. The third-order valence-corrected chi connectivity index (χ3v) is 4.49. The topological polar surface area (TPSA) is 28.2 Å². The van der Waals surface area contributed by atoms with Gasteiger partial charge in [-0.05, 0) is 26.7 Å². The molecule has 98 valence electrons. The summed E-state index contributed by atoms with van der Waals surface area (Å²) in [7, 11) is 0. The third-order valence-electron chi connectivity index (χ3n) is 3.40. The van der Waals surface area contributed by atoms with Crippen LogP contribution in [-0.4, -0.2) is 35.6 Å². The average molecular weight is 263 g/mol. The molecule has 0 spiro atoms. The van der Waals surface area contributed by atoms with Gasteiger partial charge in [0.05, 0.1) is 12.6 Å². The molecule has 1 atom stereocenters. The minimum absolute atomic E-state index is 0.355. The Morgan fingerprint density at radius 3 is 2.89 bits per heavy atom. The molecule has 0 saturated carbocycles. The number of aryl methyl sites for hydroxylation is 1. The number of likely N-dealkylation sites (tertiary alicyclic amines) is 1. The number of nitrogens with one attached hydrogen (secondary N) is 1. The molecule has 1 fully saturated rings. The molecule has 1 saturated heterocycles. The van der Waals surface area contributed by atoms with Crippen LogP contribution in [0.15, 0.2) is 6.20 Å². The first kappa shape index (κ1) is 13.5. The SMILES string of the molecule is C#CCN1CCC(NC(C)c2ncc(C)s2)CC1. The summed E-state index contributed by atoms with van der Waals surface area (Å²) in [6, 6.07) is 0.950. The van der Waals surface area contributed by atoms with Crippen molar-refractivity contribution in [1.29, 1.82) is 0 Å². The van der Waals surface area contributed by atoms with Crippen LogP contribution >= 0.6 is 11.3 Å². The maximum Gasteiger partial charge on any atom is 0.109 e. The highest BCUT2D eigenvalue weighted by atomic mass is 32.1. The molecule has 1 aliphatic heterocycles. The van der Waals surface area contributed by atoms with E-state index < -0.39 is 0 Å². The second kappa shape index (κ2) is 6.33. The van der Waals surface area contributed by atoms with E-state index in [4.69, 9.17) is 6.42 Å². The zero-order valence-corrected chi connectivity index (χ0v) is 12.0.